The number of aryl methyl sites for hydroxylation is 2. The number of esters is 1. The van der Waals surface area contributed by atoms with Gasteiger partial charge >= 0.3 is 5.97 Å². The Balaban J connectivity index is 1.55. The van der Waals surface area contributed by atoms with Gasteiger partial charge in [-0.3, -0.25) is 0 Å². The van der Waals surface area contributed by atoms with Crippen LogP contribution in [0.3, 0.4) is 0 Å². The second-order valence-electron chi connectivity index (χ2n) is 17.8. The normalized spacial score (nSPS) is 19.8. The van der Waals surface area contributed by atoms with Gasteiger partial charge in [-0.15, -0.1) is 0 Å². The van der Waals surface area contributed by atoms with Gasteiger partial charge in [0.1, 0.15) is 12.2 Å². The van der Waals surface area contributed by atoms with Gasteiger partial charge < -0.3 is 23.7 Å². The molecule has 0 amide bonds. The summed E-state index contributed by atoms with van der Waals surface area (Å²) in [5.41, 5.74) is 3.32. The van der Waals surface area contributed by atoms with Gasteiger partial charge in [0, 0.05) is 19.9 Å². The molecule has 6 nitrogen and oxygen atoms in total. The van der Waals surface area contributed by atoms with E-state index >= 15 is 0 Å². The van der Waals surface area contributed by atoms with Crippen LogP contribution in [0.25, 0.3) is 6.08 Å². The van der Waals surface area contributed by atoms with E-state index in [0.29, 0.717) is 12.2 Å². The predicted octanol–water partition coefficient (Wildman–Crippen LogP) is 8.93. The molecule has 54 heavy (non-hydrogen) atoms. The zero-order valence-corrected chi connectivity index (χ0v) is 36.9. The monoisotopic (exact) mass is 768 g/mol. The number of aliphatic hydroxyl groups excluding tert-OH is 1. The molecule has 4 unspecified atom stereocenters. The summed E-state index contributed by atoms with van der Waals surface area (Å²) < 4.78 is 25.7. The molecule has 292 valence electrons. The first kappa shape index (κ1) is 43.4. The molecule has 0 saturated carbocycles. The fraction of sp³-hybridized carbons (Fsp3) is 0.500. The smallest absolute Gasteiger partial charge is 0.338 e. The van der Waals surface area contributed by atoms with Gasteiger partial charge in [0.15, 0.2) is 5.79 Å². The molecule has 3 aromatic carbocycles. The van der Waals surface area contributed by atoms with Crippen LogP contribution in [0.5, 0.6) is 0 Å². The first-order valence-corrected chi connectivity index (χ1v) is 25.1. The molecular formula is C46H64O6Si2. The minimum absolute atomic E-state index is 0.167. The average molecular weight is 769 g/mol. The van der Waals surface area contributed by atoms with Crippen molar-refractivity contribution >= 4 is 38.8 Å². The predicted molar refractivity (Wildman–Crippen MR) is 227 cm³/mol. The van der Waals surface area contributed by atoms with E-state index in [1.54, 1.807) is 0 Å². The minimum Gasteiger partial charge on any atom is -0.462 e. The summed E-state index contributed by atoms with van der Waals surface area (Å²) in [5.74, 6) is 4.91. The van der Waals surface area contributed by atoms with Gasteiger partial charge in [0.2, 0.25) is 0 Å². The largest absolute Gasteiger partial charge is 0.462 e. The fourth-order valence-electron chi connectivity index (χ4n) is 7.25. The Morgan fingerprint density at radius 3 is 2.00 bits per heavy atom. The van der Waals surface area contributed by atoms with Crippen LogP contribution >= 0.6 is 0 Å². The first-order valence-electron chi connectivity index (χ1n) is 19.5. The van der Waals surface area contributed by atoms with Crippen molar-refractivity contribution < 1.29 is 28.5 Å². The third kappa shape index (κ3) is 10.7. The quantitative estimate of drug-likeness (QED) is 0.106. The molecule has 0 aromatic heterocycles. The molecule has 1 aliphatic rings. The molecule has 1 fully saturated rings. The Morgan fingerprint density at radius 1 is 0.907 bits per heavy atom. The van der Waals surface area contributed by atoms with Crippen molar-refractivity contribution in [1.82, 2.24) is 0 Å². The number of aliphatic hydroxyl groups is 1. The van der Waals surface area contributed by atoms with Gasteiger partial charge in [-0.05, 0) is 74.1 Å². The Morgan fingerprint density at radius 2 is 1.46 bits per heavy atom. The molecule has 1 heterocycles. The summed E-state index contributed by atoms with van der Waals surface area (Å²) >= 11 is 0. The van der Waals surface area contributed by atoms with Gasteiger partial charge in [0.25, 0.3) is 8.32 Å². The van der Waals surface area contributed by atoms with E-state index in [2.05, 4.69) is 115 Å². The number of ether oxygens (including phenoxy) is 3. The molecule has 8 heteroatoms. The van der Waals surface area contributed by atoms with Gasteiger partial charge in [-0.1, -0.05) is 150 Å². The van der Waals surface area contributed by atoms with Crippen molar-refractivity contribution in [3.05, 3.63) is 101 Å². The van der Waals surface area contributed by atoms with E-state index in [9.17, 15) is 9.90 Å². The maximum Gasteiger partial charge on any atom is 0.338 e. The Labute approximate surface area is 327 Å². The molecule has 0 bridgehead atoms. The van der Waals surface area contributed by atoms with Crippen molar-refractivity contribution in [3.8, 4) is 11.8 Å². The summed E-state index contributed by atoms with van der Waals surface area (Å²) in [4.78, 5) is 13.3. The zero-order chi connectivity index (χ0) is 40.1. The van der Waals surface area contributed by atoms with E-state index in [0.717, 1.165) is 22.7 Å². The van der Waals surface area contributed by atoms with Crippen molar-refractivity contribution in [2.24, 2.45) is 11.8 Å². The standard InChI is InChI=1S/C46H64O6Si2/c1-32-30-35(4)41(44(48)49-28-29-53(11,12)13)37(31-32)26-24-34(3)42-43(51-46(9,10)50-42)40(47)27-25-33(2)36(5)52-54(45(6,7)8,38-20-16-14-17-21-38)39-22-18-15-19-23-39/h14-24,26,30-31,33-34,36,40,42-43,47H,28-29H2,1-13H3/b26-24+/t33-,34?,36+,40?,42?,43?/m1/s1. The number of hydrogen-bond acceptors (Lipinski definition) is 6. The molecule has 1 saturated heterocycles. The number of carbonyl (C=O) groups is 1. The van der Waals surface area contributed by atoms with E-state index < -0.39 is 40.5 Å². The fourth-order valence-corrected chi connectivity index (χ4v) is 12.7. The molecule has 0 aliphatic carbocycles. The van der Waals surface area contributed by atoms with E-state index in [1.807, 2.05) is 71.0 Å². The van der Waals surface area contributed by atoms with Gasteiger partial charge in [0.05, 0.1) is 24.4 Å². The molecule has 3 aromatic rings. The summed E-state index contributed by atoms with van der Waals surface area (Å²) in [5, 5.41) is 13.8. The van der Waals surface area contributed by atoms with Crippen LogP contribution < -0.4 is 10.4 Å². The van der Waals surface area contributed by atoms with Crippen molar-refractivity contribution in [2.45, 2.75) is 130 Å². The van der Waals surface area contributed by atoms with Crippen molar-refractivity contribution in [3.63, 3.8) is 0 Å². The lowest BCUT2D eigenvalue weighted by Crippen LogP contribution is -2.67. The molecule has 0 spiro atoms. The lowest BCUT2D eigenvalue weighted by molar-refractivity contribution is -0.153. The van der Waals surface area contributed by atoms with Crippen LogP contribution in [0.2, 0.25) is 30.7 Å². The Hall–Kier alpha value is -3.30. The lowest BCUT2D eigenvalue weighted by atomic mass is 9.93. The van der Waals surface area contributed by atoms with Crippen LogP contribution in [-0.4, -0.2) is 64.3 Å². The van der Waals surface area contributed by atoms with E-state index in [4.69, 9.17) is 18.6 Å². The maximum absolute atomic E-state index is 13.3. The maximum atomic E-state index is 13.3. The topological polar surface area (TPSA) is 74.2 Å². The van der Waals surface area contributed by atoms with Gasteiger partial charge in [-0.25, -0.2) is 4.79 Å². The first-order chi connectivity index (χ1) is 25.1. The van der Waals surface area contributed by atoms with Crippen LogP contribution in [0.15, 0.2) is 78.9 Å². The SMILES string of the molecule is Cc1cc(C)c(C(=O)OCC[Si](C)(C)C)c(/C=C/C(C)C2OC(C)(C)OC2C(O)C#C[C@@H](C)[C@H](C)O[Si](c2ccccc2)(c2ccccc2)C(C)(C)C)c1. The third-order valence-electron chi connectivity index (χ3n) is 10.3. The molecule has 6 atom stereocenters. The van der Waals surface area contributed by atoms with Crippen molar-refractivity contribution in [1.29, 1.82) is 0 Å². The Bertz CT molecular complexity index is 1760. The second-order valence-corrected chi connectivity index (χ2v) is 27.7. The average Bonchev–Trinajstić information content (AvgIpc) is 3.42. The highest BCUT2D eigenvalue weighted by molar-refractivity contribution is 6.99. The zero-order valence-electron chi connectivity index (χ0n) is 34.9. The van der Waals surface area contributed by atoms with Crippen LogP contribution in [0.1, 0.15) is 82.4 Å². The summed E-state index contributed by atoms with van der Waals surface area (Å²) in [6, 6.07) is 26.1. The second kappa shape index (κ2) is 17.7. The highest BCUT2D eigenvalue weighted by Crippen LogP contribution is 2.39. The number of rotatable bonds is 13. The molecule has 1 N–H and O–H groups in total. The lowest BCUT2D eigenvalue weighted by Gasteiger charge is -2.45. The van der Waals surface area contributed by atoms with E-state index in [-0.39, 0.29) is 28.9 Å². The van der Waals surface area contributed by atoms with Crippen molar-refractivity contribution in [2.75, 3.05) is 6.61 Å². The highest BCUT2D eigenvalue weighted by atomic mass is 28.4. The molecule has 1 aliphatic heterocycles. The Kier molecular flexibility index (Phi) is 14.2. The van der Waals surface area contributed by atoms with Crippen LogP contribution in [0.4, 0.5) is 0 Å². The third-order valence-corrected chi connectivity index (χ3v) is 17.1. The minimum atomic E-state index is -2.78. The summed E-state index contributed by atoms with van der Waals surface area (Å²) in [6.45, 7) is 27.9. The van der Waals surface area contributed by atoms with Crippen LogP contribution in [-0.2, 0) is 18.6 Å². The number of benzene rings is 3. The molecule has 4 rings (SSSR count). The summed E-state index contributed by atoms with van der Waals surface area (Å²) in [7, 11) is -4.13. The van der Waals surface area contributed by atoms with Crippen LogP contribution in [0, 0.1) is 37.5 Å². The molecular weight excluding hydrogens is 705 g/mol. The number of hydrogen-bond donors (Lipinski definition) is 1. The summed E-state index contributed by atoms with van der Waals surface area (Å²) in [6.07, 6.45) is 1.53. The van der Waals surface area contributed by atoms with Gasteiger partial charge in [-0.2, -0.15) is 0 Å². The number of carbonyl (C=O) groups excluding carboxylic acids is 1. The highest BCUT2D eigenvalue weighted by Gasteiger charge is 2.51. The van der Waals surface area contributed by atoms with E-state index in [1.165, 1.54) is 10.4 Å². The molecule has 0 radical (unpaired) electrons.